The molecule has 1 aliphatic heterocycles. The number of rotatable bonds is 5. The van der Waals surface area contributed by atoms with E-state index in [2.05, 4.69) is 5.32 Å². The van der Waals surface area contributed by atoms with Crippen molar-refractivity contribution in [2.45, 2.75) is 18.6 Å². The fourth-order valence-corrected chi connectivity index (χ4v) is 5.04. The van der Waals surface area contributed by atoms with Crippen LogP contribution in [0.15, 0.2) is 83.4 Å². The van der Waals surface area contributed by atoms with Crippen molar-refractivity contribution in [2.24, 2.45) is 0 Å². The van der Waals surface area contributed by atoms with Gasteiger partial charge in [-0.15, -0.1) is 0 Å². The highest BCUT2D eigenvalue weighted by molar-refractivity contribution is 8.05. The maximum absolute atomic E-state index is 13.5. The first kappa shape index (κ1) is 23.9. The zero-order valence-electron chi connectivity index (χ0n) is 18.1. The number of benzene rings is 3. The second kappa shape index (κ2) is 10.4. The Morgan fingerprint density at radius 2 is 1.59 bits per heavy atom. The first-order valence-corrected chi connectivity index (χ1v) is 12.0. The Balaban J connectivity index is 1.71. The molecule has 0 spiro atoms. The van der Waals surface area contributed by atoms with Crippen LogP contribution in [0, 0.1) is 18.3 Å². The summed E-state index contributed by atoms with van der Waals surface area (Å²) in [4.78, 5) is 28.0. The minimum absolute atomic E-state index is 0.144. The van der Waals surface area contributed by atoms with E-state index in [1.807, 2.05) is 37.3 Å². The van der Waals surface area contributed by atoms with Crippen molar-refractivity contribution in [1.29, 1.82) is 5.26 Å². The summed E-state index contributed by atoms with van der Waals surface area (Å²) in [5.74, 6) is -0.801. The first-order chi connectivity index (χ1) is 16.4. The van der Waals surface area contributed by atoms with Gasteiger partial charge < -0.3 is 5.32 Å². The van der Waals surface area contributed by atoms with Crippen molar-refractivity contribution in [3.63, 3.8) is 0 Å². The van der Waals surface area contributed by atoms with E-state index < -0.39 is 11.2 Å². The van der Waals surface area contributed by atoms with Gasteiger partial charge in [-0.1, -0.05) is 64.8 Å². The summed E-state index contributed by atoms with van der Waals surface area (Å²) in [7, 11) is 0. The minimum Gasteiger partial charge on any atom is -0.321 e. The smallest absolute Gasteiger partial charge is 0.269 e. The largest absolute Gasteiger partial charge is 0.321 e. The summed E-state index contributed by atoms with van der Waals surface area (Å²) in [6.45, 7) is 2.00. The van der Waals surface area contributed by atoms with Crippen LogP contribution in [-0.4, -0.2) is 17.1 Å². The van der Waals surface area contributed by atoms with E-state index in [-0.39, 0.29) is 11.5 Å². The van der Waals surface area contributed by atoms with E-state index in [4.69, 9.17) is 23.2 Å². The standard InChI is InChI=1S/C26H19Cl2N3O2S/c1-16-2-4-17(5-3-16)14-23-25(33)31(21-12-8-19(28)9-13-21)26(34-23)22(15-29)24(32)30-20-10-6-18(27)7-11-20/h2-13,23H,14H2,1H3,(H,30,32)/b26-22-. The Kier molecular flexibility index (Phi) is 7.28. The third-order valence-corrected chi connectivity index (χ3v) is 7.00. The molecule has 1 atom stereocenters. The highest BCUT2D eigenvalue weighted by atomic mass is 35.5. The van der Waals surface area contributed by atoms with Crippen molar-refractivity contribution < 1.29 is 9.59 Å². The average molecular weight is 508 g/mol. The molecule has 0 aliphatic carbocycles. The molecule has 1 fully saturated rings. The lowest BCUT2D eigenvalue weighted by molar-refractivity contribution is -0.117. The molecule has 0 radical (unpaired) electrons. The molecule has 170 valence electrons. The molecule has 1 saturated heterocycles. The number of amides is 2. The molecule has 4 rings (SSSR count). The minimum atomic E-state index is -0.602. The van der Waals surface area contributed by atoms with Crippen LogP contribution in [0.2, 0.25) is 10.0 Å². The summed E-state index contributed by atoms with van der Waals surface area (Å²) >= 11 is 13.2. The predicted octanol–water partition coefficient (Wildman–Crippen LogP) is 6.37. The molecular formula is C26H19Cl2N3O2S. The summed E-state index contributed by atoms with van der Waals surface area (Å²) in [5, 5.41) is 13.5. The van der Waals surface area contributed by atoms with Crippen LogP contribution in [0.25, 0.3) is 0 Å². The molecule has 0 bridgehead atoms. The van der Waals surface area contributed by atoms with Gasteiger partial charge >= 0.3 is 0 Å². The molecule has 1 N–H and O–H groups in total. The fourth-order valence-electron chi connectivity index (χ4n) is 3.48. The number of hydrogen-bond donors (Lipinski definition) is 1. The predicted molar refractivity (Wildman–Crippen MR) is 138 cm³/mol. The van der Waals surface area contributed by atoms with Crippen molar-refractivity contribution in [3.8, 4) is 6.07 Å². The lowest BCUT2D eigenvalue weighted by atomic mass is 10.1. The van der Waals surface area contributed by atoms with Crippen LogP contribution >= 0.6 is 35.0 Å². The highest BCUT2D eigenvalue weighted by Crippen LogP contribution is 2.42. The van der Waals surface area contributed by atoms with Gasteiger partial charge in [-0.2, -0.15) is 5.26 Å². The number of aryl methyl sites for hydroxylation is 1. The second-order valence-corrected chi connectivity index (χ2v) is 9.76. The number of nitrogens with one attached hydrogen (secondary N) is 1. The van der Waals surface area contributed by atoms with Crippen molar-refractivity contribution in [2.75, 3.05) is 10.2 Å². The zero-order valence-corrected chi connectivity index (χ0v) is 20.4. The molecule has 2 amide bonds. The van der Waals surface area contributed by atoms with Crippen molar-refractivity contribution >= 4 is 58.2 Å². The molecule has 1 heterocycles. The number of nitriles is 1. The van der Waals surface area contributed by atoms with E-state index >= 15 is 0 Å². The van der Waals surface area contributed by atoms with Gasteiger partial charge in [-0.25, -0.2) is 0 Å². The average Bonchev–Trinajstić information content (AvgIpc) is 3.13. The lowest BCUT2D eigenvalue weighted by Gasteiger charge is -2.19. The highest BCUT2D eigenvalue weighted by Gasteiger charge is 2.40. The van der Waals surface area contributed by atoms with Crippen LogP contribution in [-0.2, 0) is 16.0 Å². The van der Waals surface area contributed by atoms with Gasteiger partial charge in [-0.05, 0) is 67.4 Å². The molecule has 3 aromatic carbocycles. The Hall–Kier alpha value is -3.24. The van der Waals surface area contributed by atoms with Crippen LogP contribution in [0.3, 0.4) is 0 Å². The maximum atomic E-state index is 13.5. The number of carbonyl (C=O) groups excluding carboxylic acids is 2. The number of nitrogens with zero attached hydrogens (tertiary/aromatic N) is 2. The van der Waals surface area contributed by atoms with Crippen LogP contribution in [0.1, 0.15) is 11.1 Å². The molecule has 0 saturated carbocycles. The molecule has 8 heteroatoms. The Labute approximate surface area is 212 Å². The van der Waals surface area contributed by atoms with Crippen molar-refractivity contribution in [1.82, 2.24) is 0 Å². The molecule has 5 nitrogen and oxygen atoms in total. The van der Waals surface area contributed by atoms with Gasteiger partial charge in [-0.3, -0.25) is 14.5 Å². The van der Waals surface area contributed by atoms with Gasteiger partial charge in [0.05, 0.1) is 5.25 Å². The van der Waals surface area contributed by atoms with Crippen LogP contribution in [0.4, 0.5) is 11.4 Å². The molecular weight excluding hydrogens is 489 g/mol. The van der Waals surface area contributed by atoms with E-state index in [9.17, 15) is 14.9 Å². The second-order valence-electron chi connectivity index (χ2n) is 7.70. The number of halogens is 2. The number of carbonyl (C=O) groups is 2. The monoisotopic (exact) mass is 507 g/mol. The van der Waals surface area contributed by atoms with E-state index in [0.717, 1.165) is 11.1 Å². The first-order valence-electron chi connectivity index (χ1n) is 10.4. The SMILES string of the molecule is Cc1ccc(CC2S/C(=C(/C#N)C(=O)Nc3ccc(Cl)cc3)N(c3ccc(Cl)cc3)C2=O)cc1. The summed E-state index contributed by atoms with van der Waals surface area (Å²) in [6, 6.07) is 23.2. The Bertz CT molecular complexity index is 1300. The number of thioether (sulfide) groups is 1. The maximum Gasteiger partial charge on any atom is 0.269 e. The van der Waals surface area contributed by atoms with E-state index in [0.29, 0.717) is 32.9 Å². The quantitative estimate of drug-likeness (QED) is 0.321. The normalized spacial score (nSPS) is 16.8. The number of hydrogen-bond acceptors (Lipinski definition) is 4. The molecule has 1 aliphatic rings. The Morgan fingerprint density at radius 3 is 2.18 bits per heavy atom. The summed E-state index contributed by atoms with van der Waals surface area (Å²) in [5.41, 5.74) is 3.01. The molecule has 1 unspecified atom stereocenters. The van der Waals surface area contributed by atoms with Gasteiger partial charge in [0.2, 0.25) is 5.91 Å². The molecule has 34 heavy (non-hydrogen) atoms. The van der Waals surface area contributed by atoms with E-state index in [1.54, 1.807) is 48.5 Å². The van der Waals surface area contributed by atoms with Gasteiger partial charge in [0.15, 0.2) is 0 Å². The molecule has 3 aromatic rings. The van der Waals surface area contributed by atoms with Gasteiger partial charge in [0.25, 0.3) is 5.91 Å². The Morgan fingerprint density at radius 1 is 1.00 bits per heavy atom. The van der Waals surface area contributed by atoms with Crippen LogP contribution < -0.4 is 10.2 Å². The van der Waals surface area contributed by atoms with Crippen molar-refractivity contribution in [3.05, 3.63) is 105 Å². The van der Waals surface area contributed by atoms with Gasteiger partial charge in [0, 0.05) is 21.4 Å². The summed E-state index contributed by atoms with van der Waals surface area (Å²) in [6.07, 6.45) is 0.467. The molecule has 0 aromatic heterocycles. The third kappa shape index (κ3) is 5.28. The zero-order chi connectivity index (χ0) is 24.2. The van der Waals surface area contributed by atoms with E-state index in [1.165, 1.54) is 16.7 Å². The fraction of sp³-hybridized carbons (Fsp3) is 0.115. The number of anilines is 2. The third-order valence-electron chi connectivity index (χ3n) is 5.23. The van der Waals surface area contributed by atoms with Gasteiger partial charge in [0.1, 0.15) is 16.7 Å². The topological polar surface area (TPSA) is 73.2 Å². The lowest BCUT2D eigenvalue weighted by Crippen LogP contribution is -2.30. The summed E-state index contributed by atoms with van der Waals surface area (Å²) < 4.78 is 0. The van der Waals surface area contributed by atoms with Crippen LogP contribution in [0.5, 0.6) is 0 Å².